The van der Waals surface area contributed by atoms with Crippen LogP contribution in [0.3, 0.4) is 0 Å². The summed E-state index contributed by atoms with van der Waals surface area (Å²) in [5.41, 5.74) is 1.94. The monoisotopic (exact) mass is 279 g/mol. The van der Waals surface area contributed by atoms with Gasteiger partial charge in [-0.05, 0) is 25.5 Å². The van der Waals surface area contributed by atoms with Crippen LogP contribution in [0.15, 0.2) is 18.2 Å². The van der Waals surface area contributed by atoms with Gasteiger partial charge in [-0.1, -0.05) is 30.7 Å². The first kappa shape index (κ1) is 13.7. The fourth-order valence-electron chi connectivity index (χ4n) is 1.72. The van der Waals surface area contributed by atoms with E-state index in [0.717, 1.165) is 5.56 Å². The molecule has 1 aromatic heterocycles. The van der Waals surface area contributed by atoms with Gasteiger partial charge in [0.1, 0.15) is 22.6 Å². The molecule has 0 aliphatic heterocycles. The van der Waals surface area contributed by atoms with E-state index in [-0.39, 0.29) is 5.82 Å². The van der Waals surface area contributed by atoms with Crippen molar-refractivity contribution in [1.82, 2.24) is 9.97 Å². The van der Waals surface area contributed by atoms with Crippen molar-refractivity contribution in [2.45, 2.75) is 27.2 Å². The molecule has 5 heteroatoms. The van der Waals surface area contributed by atoms with Crippen LogP contribution in [0, 0.1) is 19.7 Å². The third kappa shape index (κ3) is 2.84. The van der Waals surface area contributed by atoms with Gasteiger partial charge in [0.25, 0.3) is 0 Å². The summed E-state index contributed by atoms with van der Waals surface area (Å²) in [4.78, 5) is 8.51. The molecule has 3 nitrogen and oxygen atoms in total. The molecule has 0 aliphatic rings. The maximum atomic E-state index is 13.8. The Hall–Kier alpha value is -1.68. The molecule has 0 atom stereocenters. The molecule has 0 unspecified atom stereocenters. The van der Waals surface area contributed by atoms with Crippen LogP contribution in [-0.2, 0) is 6.42 Å². The van der Waals surface area contributed by atoms with E-state index in [2.05, 4.69) is 15.3 Å². The molecule has 0 spiro atoms. The number of halogens is 2. The number of rotatable bonds is 3. The summed E-state index contributed by atoms with van der Waals surface area (Å²) in [5, 5.41) is 3.41. The van der Waals surface area contributed by atoms with E-state index in [0.29, 0.717) is 34.5 Å². The molecule has 100 valence electrons. The molecule has 0 saturated heterocycles. The molecule has 0 saturated carbocycles. The molecule has 1 aromatic carbocycles. The van der Waals surface area contributed by atoms with E-state index in [1.807, 2.05) is 19.9 Å². The van der Waals surface area contributed by atoms with E-state index in [9.17, 15) is 4.39 Å². The highest BCUT2D eigenvalue weighted by Gasteiger charge is 2.12. The molecule has 0 bridgehead atoms. The lowest BCUT2D eigenvalue weighted by Crippen LogP contribution is -2.05. The molecule has 1 heterocycles. The first-order valence-corrected chi connectivity index (χ1v) is 6.46. The first-order chi connectivity index (χ1) is 9.02. The smallest absolute Gasteiger partial charge is 0.146 e. The number of benzene rings is 1. The number of hydrogen-bond acceptors (Lipinski definition) is 3. The summed E-state index contributed by atoms with van der Waals surface area (Å²) in [7, 11) is 0. The van der Waals surface area contributed by atoms with Gasteiger partial charge < -0.3 is 5.32 Å². The van der Waals surface area contributed by atoms with Gasteiger partial charge in [0.2, 0.25) is 0 Å². The van der Waals surface area contributed by atoms with E-state index in [1.165, 1.54) is 6.07 Å². The zero-order chi connectivity index (χ0) is 14.0. The van der Waals surface area contributed by atoms with Gasteiger partial charge >= 0.3 is 0 Å². The Kier molecular flexibility index (Phi) is 4.00. The number of nitrogens with one attached hydrogen (secondary N) is 1. The molecule has 19 heavy (non-hydrogen) atoms. The summed E-state index contributed by atoms with van der Waals surface area (Å²) in [5.74, 6) is 0.865. The minimum Gasteiger partial charge on any atom is -0.337 e. The first-order valence-electron chi connectivity index (χ1n) is 6.08. The van der Waals surface area contributed by atoms with Crippen LogP contribution in [0.25, 0.3) is 0 Å². The van der Waals surface area contributed by atoms with E-state index >= 15 is 0 Å². The van der Waals surface area contributed by atoms with Crippen LogP contribution in [0.1, 0.15) is 23.9 Å². The van der Waals surface area contributed by atoms with Crippen molar-refractivity contribution in [2.75, 3.05) is 5.32 Å². The molecule has 0 radical (unpaired) electrons. The fraction of sp³-hybridized carbons (Fsp3) is 0.286. The lowest BCUT2D eigenvalue weighted by atomic mass is 10.2. The molecular weight excluding hydrogens is 265 g/mol. The molecular formula is C14H15ClFN3. The predicted octanol–water partition coefficient (Wildman–Crippen LogP) is 4.19. The highest BCUT2D eigenvalue weighted by Crippen LogP contribution is 2.27. The van der Waals surface area contributed by atoms with Crippen molar-refractivity contribution >= 4 is 23.1 Å². The number of aromatic nitrogens is 2. The Morgan fingerprint density at radius 2 is 2.00 bits per heavy atom. The lowest BCUT2D eigenvalue weighted by molar-refractivity contribution is 0.630. The molecule has 1 N–H and O–H groups in total. The largest absolute Gasteiger partial charge is 0.337 e. The summed E-state index contributed by atoms with van der Waals surface area (Å²) >= 11 is 6.06. The number of hydrogen-bond donors (Lipinski definition) is 1. The molecule has 0 amide bonds. The second-order valence-electron chi connectivity index (χ2n) is 4.31. The maximum Gasteiger partial charge on any atom is 0.146 e. The molecule has 0 fully saturated rings. The van der Waals surface area contributed by atoms with Gasteiger partial charge in [0.15, 0.2) is 0 Å². The van der Waals surface area contributed by atoms with Crippen molar-refractivity contribution in [3.63, 3.8) is 0 Å². The summed E-state index contributed by atoms with van der Waals surface area (Å²) in [6.07, 6.45) is 0.672. The van der Waals surface area contributed by atoms with Gasteiger partial charge in [-0.2, -0.15) is 0 Å². The number of anilines is 2. The predicted molar refractivity (Wildman–Crippen MR) is 75.6 cm³/mol. The lowest BCUT2D eigenvalue weighted by Gasteiger charge is -2.13. The van der Waals surface area contributed by atoms with Crippen molar-refractivity contribution in [1.29, 1.82) is 0 Å². The van der Waals surface area contributed by atoms with E-state index in [1.54, 1.807) is 13.0 Å². The van der Waals surface area contributed by atoms with Crippen LogP contribution < -0.4 is 5.32 Å². The van der Waals surface area contributed by atoms with E-state index in [4.69, 9.17) is 11.6 Å². The number of aryl methyl sites for hydroxylation is 2. The minimum atomic E-state index is -0.313. The zero-order valence-electron chi connectivity index (χ0n) is 11.1. The maximum absolute atomic E-state index is 13.8. The van der Waals surface area contributed by atoms with Gasteiger partial charge in [-0.25, -0.2) is 14.4 Å². The summed E-state index contributed by atoms with van der Waals surface area (Å²) in [6.45, 7) is 5.59. The second-order valence-corrected chi connectivity index (χ2v) is 4.67. The average Bonchev–Trinajstić information content (AvgIpc) is 2.38. The quantitative estimate of drug-likeness (QED) is 0.856. The van der Waals surface area contributed by atoms with Crippen molar-refractivity contribution in [3.8, 4) is 0 Å². The van der Waals surface area contributed by atoms with Gasteiger partial charge in [-0.15, -0.1) is 0 Å². The Morgan fingerprint density at radius 3 is 2.63 bits per heavy atom. The van der Waals surface area contributed by atoms with Gasteiger partial charge in [0, 0.05) is 12.0 Å². The Balaban J connectivity index is 2.46. The minimum absolute atomic E-state index is 0.313. The SMILES string of the molecule is CCc1nc(Cl)c(C)c(Nc2c(C)cccc2F)n1. The second kappa shape index (κ2) is 5.53. The van der Waals surface area contributed by atoms with Crippen LogP contribution in [0.2, 0.25) is 5.15 Å². The number of para-hydroxylation sites is 1. The van der Waals surface area contributed by atoms with Gasteiger partial charge in [-0.3, -0.25) is 0 Å². The van der Waals surface area contributed by atoms with Gasteiger partial charge in [0.05, 0.1) is 5.69 Å². The topological polar surface area (TPSA) is 37.8 Å². The highest BCUT2D eigenvalue weighted by molar-refractivity contribution is 6.30. The van der Waals surface area contributed by atoms with Crippen LogP contribution in [-0.4, -0.2) is 9.97 Å². The Labute approximate surface area is 116 Å². The third-order valence-corrected chi connectivity index (χ3v) is 3.28. The highest BCUT2D eigenvalue weighted by atomic mass is 35.5. The van der Waals surface area contributed by atoms with Crippen LogP contribution in [0.5, 0.6) is 0 Å². The van der Waals surface area contributed by atoms with Crippen molar-refractivity contribution < 1.29 is 4.39 Å². The fourth-order valence-corrected chi connectivity index (χ4v) is 1.91. The van der Waals surface area contributed by atoms with Crippen LogP contribution in [0.4, 0.5) is 15.9 Å². The third-order valence-electron chi connectivity index (χ3n) is 2.91. The van der Waals surface area contributed by atoms with Crippen molar-refractivity contribution in [3.05, 3.63) is 46.1 Å². The molecule has 2 aromatic rings. The summed E-state index contributed by atoms with van der Waals surface area (Å²) in [6, 6.07) is 4.92. The van der Waals surface area contributed by atoms with E-state index < -0.39 is 0 Å². The average molecular weight is 280 g/mol. The van der Waals surface area contributed by atoms with Crippen molar-refractivity contribution in [2.24, 2.45) is 0 Å². The molecule has 2 rings (SSSR count). The Morgan fingerprint density at radius 1 is 1.26 bits per heavy atom. The number of nitrogens with zero attached hydrogens (tertiary/aromatic N) is 2. The Bertz CT molecular complexity index is 594. The normalized spacial score (nSPS) is 10.6. The standard InChI is InChI=1S/C14H15ClFN3/c1-4-11-17-13(15)9(3)14(18-11)19-12-8(2)6-5-7-10(12)16/h5-7H,4H2,1-3H3,(H,17,18,19). The zero-order valence-corrected chi connectivity index (χ0v) is 11.8. The van der Waals surface area contributed by atoms with Crippen LogP contribution >= 0.6 is 11.6 Å². The summed E-state index contributed by atoms with van der Waals surface area (Å²) < 4.78 is 13.8. The molecule has 0 aliphatic carbocycles.